The first-order chi connectivity index (χ1) is 6.75. The van der Waals surface area contributed by atoms with Gasteiger partial charge in [-0.2, -0.15) is 0 Å². The molecule has 14 heavy (non-hydrogen) atoms. The molecule has 1 aromatic heterocycles. The van der Waals surface area contributed by atoms with Gasteiger partial charge in [0.25, 0.3) is 0 Å². The van der Waals surface area contributed by atoms with Gasteiger partial charge in [0, 0.05) is 6.04 Å². The summed E-state index contributed by atoms with van der Waals surface area (Å²) in [6.45, 7) is 5.50. The van der Waals surface area contributed by atoms with Crippen LogP contribution in [-0.4, -0.2) is 6.04 Å². The van der Waals surface area contributed by atoms with E-state index in [0.717, 1.165) is 24.1 Å². The molecule has 2 heteroatoms. The molecule has 0 aliphatic heterocycles. The van der Waals surface area contributed by atoms with Crippen molar-refractivity contribution in [2.24, 2.45) is 11.8 Å². The van der Waals surface area contributed by atoms with Crippen molar-refractivity contribution in [3.8, 4) is 0 Å². The normalized spacial score (nSPS) is 26.5. The van der Waals surface area contributed by atoms with Crippen LogP contribution >= 0.6 is 0 Å². The summed E-state index contributed by atoms with van der Waals surface area (Å²) < 4.78 is 5.26. The van der Waals surface area contributed by atoms with E-state index in [2.05, 4.69) is 19.2 Å². The molecule has 0 atom stereocenters. The maximum Gasteiger partial charge on any atom is 0.117 e. The summed E-state index contributed by atoms with van der Waals surface area (Å²) in [5.74, 6) is 2.82. The molecule has 0 radical (unpaired) electrons. The van der Waals surface area contributed by atoms with Crippen LogP contribution in [0.3, 0.4) is 0 Å². The minimum Gasteiger partial charge on any atom is -0.468 e. The Morgan fingerprint density at radius 3 is 2.86 bits per heavy atom. The van der Waals surface area contributed by atoms with Crippen LogP contribution in [0.15, 0.2) is 22.8 Å². The topological polar surface area (TPSA) is 25.2 Å². The number of nitrogens with one attached hydrogen (secondary N) is 1. The first-order valence-electron chi connectivity index (χ1n) is 5.51. The van der Waals surface area contributed by atoms with Gasteiger partial charge in [-0.05, 0) is 36.8 Å². The summed E-state index contributed by atoms with van der Waals surface area (Å²) >= 11 is 0. The van der Waals surface area contributed by atoms with Gasteiger partial charge < -0.3 is 9.73 Å². The molecule has 1 aliphatic rings. The fraction of sp³-hybridized carbons (Fsp3) is 0.667. The van der Waals surface area contributed by atoms with Gasteiger partial charge in [-0.15, -0.1) is 0 Å². The highest BCUT2D eigenvalue weighted by atomic mass is 16.3. The second-order valence-electron chi connectivity index (χ2n) is 4.63. The SMILES string of the molecule is CC(C)C1CC(NCc2ccco2)C1. The summed E-state index contributed by atoms with van der Waals surface area (Å²) in [5, 5.41) is 3.51. The molecule has 1 aromatic rings. The molecular weight excluding hydrogens is 174 g/mol. The van der Waals surface area contributed by atoms with E-state index in [9.17, 15) is 0 Å². The molecule has 1 fully saturated rings. The largest absolute Gasteiger partial charge is 0.468 e. The quantitative estimate of drug-likeness (QED) is 0.795. The second-order valence-corrected chi connectivity index (χ2v) is 4.63. The molecule has 1 aliphatic carbocycles. The van der Waals surface area contributed by atoms with Crippen LogP contribution in [0.25, 0.3) is 0 Å². The third kappa shape index (κ3) is 2.18. The van der Waals surface area contributed by atoms with Crippen LogP contribution in [0, 0.1) is 11.8 Å². The molecular formula is C12H19NO. The first kappa shape index (κ1) is 9.78. The lowest BCUT2D eigenvalue weighted by atomic mass is 9.74. The zero-order valence-electron chi connectivity index (χ0n) is 8.99. The first-order valence-corrected chi connectivity index (χ1v) is 5.51. The van der Waals surface area contributed by atoms with Crippen molar-refractivity contribution in [3.63, 3.8) is 0 Å². The van der Waals surface area contributed by atoms with E-state index in [-0.39, 0.29) is 0 Å². The van der Waals surface area contributed by atoms with Gasteiger partial charge in [-0.1, -0.05) is 13.8 Å². The Kier molecular flexibility index (Phi) is 2.92. The third-order valence-corrected chi connectivity index (χ3v) is 3.26. The van der Waals surface area contributed by atoms with Crippen LogP contribution in [0.2, 0.25) is 0 Å². The Morgan fingerprint density at radius 1 is 1.50 bits per heavy atom. The van der Waals surface area contributed by atoms with Crippen LogP contribution in [0.4, 0.5) is 0 Å². The minimum atomic E-state index is 0.715. The molecule has 0 saturated heterocycles. The number of furan rings is 1. The van der Waals surface area contributed by atoms with Gasteiger partial charge >= 0.3 is 0 Å². The molecule has 0 unspecified atom stereocenters. The second kappa shape index (κ2) is 4.18. The van der Waals surface area contributed by atoms with Crippen LogP contribution in [-0.2, 0) is 6.54 Å². The van der Waals surface area contributed by atoms with E-state index in [1.165, 1.54) is 12.8 Å². The Labute approximate surface area is 85.7 Å². The Balaban J connectivity index is 1.65. The van der Waals surface area contributed by atoms with E-state index in [1.54, 1.807) is 6.26 Å². The molecule has 0 spiro atoms. The Morgan fingerprint density at radius 2 is 2.29 bits per heavy atom. The van der Waals surface area contributed by atoms with E-state index in [4.69, 9.17) is 4.42 Å². The monoisotopic (exact) mass is 193 g/mol. The van der Waals surface area contributed by atoms with E-state index in [0.29, 0.717) is 6.04 Å². The van der Waals surface area contributed by atoms with Crippen molar-refractivity contribution in [3.05, 3.63) is 24.2 Å². The average molecular weight is 193 g/mol. The zero-order valence-corrected chi connectivity index (χ0v) is 8.99. The van der Waals surface area contributed by atoms with Gasteiger partial charge in [0.05, 0.1) is 12.8 Å². The maximum absolute atomic E-state index is 5.26. The van der Waals surface area contributed by atoms with Crippen molar-refractivity contribution in [2.75, 3.05) is 0 Å². The highest BCUT2D eigenvalue weighted by Gasteiger charge is 2.30. The number of rotatable bonds is 4. The summed E-state index contributed by atoms with van der Waals surface area (Å²) in [4.78, 5) is 0. The van der Waals surface area contributed by atoms with Gasteiger partial charge in [-0.25, -0.2) is 0 Å². The van der Waals surface area contributed by atoms with Crippen molar-refractivity contribution < 1.29 is 4.42 Å². The lowest BCUT2D eigenvalue weighted by molar-refractivity contribution is 0.165. The standard InChI is InChI=1S/C12H19NO/c1-9(2)10-6-11(7-10)13-8-12-4-3-5-14-12/h3-5,9-11,13H,6-8H2,1-2H3. The Hall–Kier alpha value is -0.760. The van der Waals surface area contributed by atoms with Crippen LogP contribution in [0.1, 0.15) is 32.4 Å². The van der Waals surface area contributed by atoms with Crippen LogP contribution < -0.4 is 5.32 Å². The lowest BCUT2D eigenvalue weighted by Crippen LogP contribution is -2.42. The van der Waals surface area contributed by atoms with Gasteiger partial charge in [0.1, 0.15) is 5.76 Å². The molecule has 1 heterocycles. The smallest absolute Gasteiger partial charge is 0.117 e. The predicted molar refractivity (Wildman–Crippen MR) is 56.9 cm³/mol. The highest BCUT2D eigenvalue weighted by molar-refractivity contribution is 4.98. The van der Waals surface area contributed by atoms with Gasteiger partial charge in [0.15, 0.2) is 0 Å². The van der Waals surface area contributed by atoms with Crippen molar-refractivity contribution in [2.45, 2.75) is 39.3 Å². The number of hydrogen-bond acceptors (Lipinski definition) is 2. The molecule has 2 rings (SSSR count). The predicted octanol–water partition coefficient (Wildman–Crippen LogP) is 2.80. The van der Waals surface area contributed by atoms with Crippen molar-refractivity contribution in [1.82, 2.24) is 5.32 Å². The van der Waals surface area contributed by atoms with E-state index < -0.39 is 0 Å². The summed E-state index contributed by atoms with van der Waals surface area (Å²) in [5.41, 5.74) is 0. The summed E-state index contributed by atoms with van der Waals surface area (Å²) in [7, 11) is 0. The Bertz CT molecular complexity index is 260. The minimum absolute atomic E-state index is 0.715. The zero-order chi connectivity index (χ0) is 9.97. The van der Waals surface area contributed by atoms with E-state index >= 15 is 0 Å². The fourth-order valence-electron chi connectivity index (χ4n) is 2.03. The third-order valence-electron chi connectivity index (χ3n) is 3.26. The lowest BCUT2D eigenvalue weighted by Gasteiger charge is -2.38. The molecule has 78 valence electrons. The molecule has 0 bridgehead atoms. The van der Waals surface area contributed by atoms with Gasteiger partial charge in [0.2, 0.25) is 0 Å². The fourth-order valence-corrected chi connectivity index (χ4v) is 2.03. The van der Waals surface area contributed by atoms with E-state index in [1.807, 2.05) is 12.1 Å². The molecule has 1 N–H and O–H groups in total. The summed E-state index contributed by atoms with van der Waals surface area (Å²) in [6, 6.07) is 4.67. The highest BCUT2D eigenvalue weighted by Crippen LogP contribution is 2.33. The molecule has 0 amide bonds. The number of hydrogen-bond donors (Lipinski definition) is 1. The molecule has 2 nitrogen and oxygen atoms in total. The molecule has 1 saturated carbocycles. The molecule has 0 aromatic carbocycles. The van der Waals surface area contributed by atoms with Crippen molar-refractivity contribution in [1.29, 1.82) is 0 Å². The average Bonchev–Trinajstić information content (AvgIpc) is 2.52. The van der Waals surface area contributed by atoms with Crippen molar-refractivity contribution >= 4 is 0 Å². The van der Waals surface area contributed by atoms with Gasteiger partial charge in [-0.3, -0.25) is 0 Å². The maximum atomic E-state index is 5.26. The van der Waals surface area contributed by atoms with Crippen LogP contribution in [0.5, 0.6) is 0 Å². The summed E-state index contributed by atoms with van der Waals surface area (Å²) in [6.07, 6.45) is 4.39.